The van der Waals surface area contributed by atoms with Crippen molar-refractivity contribution in [2.75, 3.05) is 0 Å². The Balaban J connectivity index is 1.90. The maximum Gasteiger partial charge on any atom is 0.338 e. The van der Waals surface area contributed by atoms with Gasteiger partial charge >= 0.3 is 5.97 Å². The van der Waals surface area contributed by atoms with E-state index in [1.165, 1.54) is 5.57 Å². The van der Waals surface area contributed by atoms with Crippen LogP contribution in [0.5, 0.6) is 0 Å². The van der Waals surface area contributed by atoms with E-state index in [0.717, 1.165) is 25.7 Å². The summed E-state index contributed by atoms with van der Waals surface area (Å²) in [6, 6.07) is 0. The number of fused-ring (bicyclic) bond motifs is 3. The van der Waals surface area contributed by atoms with Crippen molar-refractivity contribution >= 4 is 5.97 Å². The number of esters is 1. The summed E-state index contributed by atoms with van der Waals surface area (Å²) in [6.45, 7) is 5.75. The van der Waals surface area contributed by atoms with Crippen molar-refractivity contribution < 1.29 is 19.4 Å². The van der Waals surface area contributed by atoms with E-state index in [0.29, 0.717) is 0 Å². The first kappa shape index (κ1) is 13.1. The number of ether oxygens (including phenoxy) is 2. The van der Waals surface area contributed by atoms with Crippen LogP contribution in [-0.4, -0.2) is 34.5 Å². The molecule has 0 aromatic heterocycles. The molecule has 0 amide bonds. The van der Waals surface area contributed by atoms with Gasteiger partial charge in [0.2, 0.25) is 0 Å². The molecule has 0 bridgehead atoms. The van der Waals surface area contributed by atoms with E-state index in [2.05, 4.69) is 19.9 Å². The average molecular weight is 266 g/mol. The van der Waals surface area contributed by atoms with Crippen molar-refractivity contribution in [2.45, 2.75) is 69.9 Å². The number of allylic oxidation sites excluding steroid dienone is 2. The average Bonchev–Trinajstić information content (AvgIpc) is 2.92. The molecular weight excluding hydrogens is 244 g/mol. The predicted octanol–water partition coefficient (Wildman–Crippen LogP) is 1.96. The molecule has 2 aliphatic heterocycles. The minimum Gasteiger partial charge on any atom is -0.457 e. The summed E-state index contributed by atoms with van der Waals surface area (Å²) in [5.41, 5.74) is -0.258. The molecule has 0 spiro atoms. The van der Waals surface area contributed by atoms with Gasteiger partial charge in [0.25, 0.3) is 0 Å². The zero-order chi connectivity index (χ0) is 13.8. The lowest BCUT2D eigenvalue weighted by molar-refractivity contribution is -0.154. The van der Waals surface area contributed by atoms with E-state index in [4.69, 9.17) is 9.47 Å². The summed E-state index contributed by atoms with van der Waals surface area (Å²) < 4.78 is 11.2. The molecule has 1 N–H and O–H groups in total. The lowest BCUT2D eigenvalue weighted by atomic mass is 9.79. The lowest BCUT2D eigenvalue weighted by Gasteiger charge is -2.25. The molecular formula is C15H22O4. The van der Waals surface area contributed by atoms with Crippen LogP contribution in [0, 0.1) is 5.92 Å². The maximum absolute atomic E-state index is 11.9. The van der Waals surface area contributed by atoms with Gasteiger partial charge in [-0.3, -0.25) is 0 Å². The SMILES string of the molecule is CC1=CCC[C@@]2(C)O[C@@H]2[C@H]2OC(=O)[C@](C)(O)[C@@H]2CC1. The normalized spacial score (nSPS) is 49.8. The fourth-order valence-electron chi connectivity index (χ4n) is 3.48. The van der Waals surface area contributed by atoms with Crippen molar-refractivity contribution in [3.05, 3.63) is 11.6 Å². The van der Waals surface area contributed by atoms with E-state index < -0.39 is 11.6 Å². The minimum atomic E-state index is -1.38. The number of aliphatic hydroxyl groups is 1. The molecule has 0 unspecified atom stereocenters. The lowest BCUT2D eigenvalue weighted by Crippen LogP contribution is -2.40. The van der Waals surface area contributed by atoms with Crippen molar-refractivity contribution in [3.8, 4) is 0 Å². The monoisotopic (exact) mass is 266 g/mol. The summed E-state index contributed by atoms with van der Waals surface area (Å²) in [7, 11) is 0. The Bertz CT molecular complexity index is 439. The number of epoxide rings is 1. The van der Waals surface area contributed by atoms with E-state index >= 15 is 0 Å². The number of carbonyl (C=O) groups is 1. The molecule has 1 aliphatic carbocycles. The van der Waals surface area contributed by atoms with Gasteiger partial charge in [-0.1, -0.05) is 11.6 Å². The van der Waals surface area contributed by atoms with Gasteiger partial charge in [-0.05, 0) is 46.5 Å². The number of carbonyl (C=O) groups excluding carboxylic acids is 1. The molecule has 2 fully saturated rings. The second kappa shape index (κ2) is 4.06. The van der Waals surface area contributed by atoms with Gasteiger partial charge in [-0.25, -0.2) is 4.79 Å². The summed E-state index contributed by atoms with van der Waals surface area (Å²) in [5, 5.41) is 10.4. The second-order valence-corrected chi connectivity index (χ2v) is 6.60. The van der Waals surface area contributed by atoms with Crippen LogP contribution < -0.4 is 0 Å². The largest absolute Gasteiger partial charge is 0.457 e. The fourth-order valence-corrected chi connectivity index (χ4v) is 3.48. The standard InChI is InChI=1S/C15H22O4/c1-9-5-4-8-14(2)12(19-14)11-10(7-6-9)15(3,17)13(16)18-11/h5,10-12,17H,4,6-8H2,1-3H3/t10-,11+,12-,14-,15-/m1/s1. The Kier molecular flexibility index (Phi) is 2.81. The van der Waals surface area contributed by atoms with Crippen LogP contribution in [0.3, 0.4) is 0 Å². The second-order valence-electron chi connectivity index (χ2n) is 6.60. The van der Waals surface area contributed by atoms with Crippen LogP contribution in [0.15, 0.2) is 11.6 Å². The third kappa shape index (κ3) is 2.01. The van der Waals surface area contributed by atoms with Crippen LogP contribution in [0.4, 0.5) is 0 Å². The first-order valence-corrected chi connectivity index (χ1v) is 7.11. The highest BCUT2D eigenvalue weighted by Crippen LogP contribution is 2.50. The van der Waals surface area contributed by atoms with Gasteiger partial charge in [-0.2, -0.15) is 0 Å². The Labute approximate surface area is 113 Å². The van der Waals surface area contributed by atoms with Gasteiger partial charge in [0.15, 0.2) is 5.60 Å². The zero-order valence-corrected chi connectivity index (χ0v) is 11.8. The summed E-state index contributed by atoms with van der Waals surface area (Å²) in [5.74, 6) is -0.672. The highest BCUT2D eigenvalue weighted by atomic mass is 16.7. The minimum absolute atomic E-state index is 0.0535. The topological polar surface area (TPSA) is 59.1 Å². The smallest absolute Gasteiger partial charge is 0.338 e. The van der Waals surface area contributed by atoms with Crippen molar-refractivity contribution in [2.24, 2.45) is 5.92 Å². The molecule has 0 aromatic rings. The quantitative estimate of drug-likeness (QED) is 0.413. The molecule has 0 radical (unpaired) electrons. The molecule has 106 valence electrons. The Morgan fingerprint density at radius 2 is 2.16 bits per heavy atom. The highest BCUT2D eigenvalue weighted by molar-refractivity contribution is 5.81. The molecule has 19 heavy (non-hydrogen) atoms. The van der Waals surface area contributed by atoms with Gasteiger partial charge in [0, 0.05) is 5.92 Å². The van der Waals surface area contributed by atoms with Gasteiger partial charge in [-0.15, -0.1) is 0 Å². The van der Waals surface area contributed by atoms with Crippen LogP contribution >= 0.6 is 0 Å². The van der Waals surface area contributed by atoms with Crippen molar-refractivity contribution in [1.82, 2.24) is 0 Å². The van der Waals surface area contributed by atoms with E-state index in [9.17, 15) is 9.90 Å². The molecule has 4 heteroatoms. The fraction of sp³-hybridized carbons (Fsp3) is 0.800. The van der Waals surface area contributed by atoms with E-state index in [1.54, 1.807) is 6.92 Å². The first-order chi connectivity index (χ1) is 8.84. The number of hydrogen-bond donors (Lipinski definition) is 1. The third-order valence-electron chi connectivity index (χ3n) is 5.00. The van der Waals surface area contributed by atoms with Crippen LogP contribution in [0.25, 0.3) is 0 Å². The molecule has 4 nitrogen and oxygen atoms in total. The molecule has 2 saturated heterocycles. The van der Waals surface area contributed by atoms with Crippen molar-refractivity contribution in [3.63, 3.8) is 0 Å². The van der Waals surface area contributed by atoms with Crippen LogP contribution in [0.1, 0.15) is 46.5 Å². The highest BCUT2D eigenvalue weighted by Gasteiger charge is 2.65. The zero-order valence-electron chi connectivity index (χ0n) is 11.8. The molecule has 0 saturated carbocycles. The molecule has 5 atom stereocenters. The number of hydrogen-bond acceptors (Lipinski definition) is 4. The van der Waals surface area contributed by atoms with Gasteiger partial charge in [0.05, 0.1) is 5.60 Å². The van der Waals surface area contributed by atoms with Crippen LogP contribution in [-0.2, 0) is 14.3 Å². The van der Waals surface area contributed by atoms with Gasteiger partial charge < -0.3 is 14.6 Å². The summed E-state index contributed by atoms with van der Waals surface area (Å²) in [6.07, 6.45) is 5.51. The molecule has 3 rings (SSSR count). The Hall–Kier alpha value is -0.870. The number of rotatable bonds is 0. The summed E-state index contributed by atoms with van der Waals surface area (Å²) in [4.78, 5) is 11.9. The Morgan fingerprint density at radius 1 is 1.42 bits per heavy atom. The summed E-state index contributed by atoms with van der Waals surface area (Å²) >= 11 is 0. The third-order valence-corrected chi connectivity index (χ3v) is 5.00. The molecule has 3 aliphatic rings. The first-order valence-electron chi connectivity index (χ1n) is 7.11. The van der Waals surface area contributed by atoms with Gasteiger partial charge in [0.1, 0.15) is 12.2 Å². The predicted molar refractivity (Wildman–Crippen MR) is 69.5 cm³/mol. The van der Waals surface area contributed by atoms with Crippen molar-refractivity contribution in [1.29, 1.82) is 0 Å². The van der Waals surface area contributed by atoms with E-state index in [1.807, 2.05) is 0 Å². The van der Waals surface area contributed by atoms with Crippen LogP contribution in [0.2, 0.25) is 0 Å². The van der Waals surface area contributed by atoms with E-state index in [-0.39, 0.29) is 23.7 Å². The molecule has 2 heterocycles. The molecule has 0 aromatic carbocycles. The maximum atomic E-state index is 11.9. The Morgan fingerprint density at radius 3 is 2.89 bits per heavy atom.